The zero-order valence-corrected chi connectivity index (χ0v) is 9.08. The monoisotopic (exact) mass is 200 g/mol. The molecule has 1 N–H and O–H groups in total. The molecule has 0 unspecified atom stereocenters. The highest BCUT2D eigenvalue weighted by Crippen LogP contribution is 2.10. The molecule has 1 rings (SSSR count). The summed E-state index contributed by atoms with van der Waals surface area (Å²) >= 11 is 0. The van der Waals surface area contributed by atoms with E-state index in [-0.39, 0.29) is 6.09 Å². The van der Waals surface area contributed by atoms with Gasteiger partial charge in [0.05, 0.1) is 6.61 Å². The number of hydrogen-bond acceptors (Lipinski definition) is 3. The van der Waals surface area contributed by atoms with Crippen LogP contribution in [-0.2, 0) is 4.74 Å². The number of nitrogens with one attached hydrogen (secondary N) is 1. The number of carbonyl (C=O) groups is 1. The summed E-state index contributed by atoms with van der Waals surface area (Å²) < 4.78 is 5.07. The fourth-order valence-corrected chi connectivity index (χ4v) is 1.63. The number of nitrogens with zero attached hydrogens (tertiary/aromatic N) is 1. The third-order valence-electron chi connectivity index (χ3n) is 2.57. The molecule has 0 bridgehead atoms. The van der Waals surface area contributed by atoms with Crippen LogP contribution in [0, 0.1) is 0 Å². The molecule has 1 fully saturated rings. The van der Waals surface area contributed by atoms with E-state index < -0.39 is 0 Å². The van der Waals surface area contributed by atoms with Crippen molar-refractivity contribution in [3.8, 4) is 0 Å². The van der Waals surface area contributed by atoms with E-state index in [0.29, 0.717) is 12.6 Å². The molecule has 0 aliphatic carbocycles. The third-order valence-corrected chi connectivity index (χ3v) is 2.57. The van der Waals surface area contributed by atoms with Gasteiger partial charge in [0.2, 0.25) is 0 Å². The molecular weight excluding hydrogens is 180 g/mol. The first-order chi connectivity index (χ1) is 6.75. The zero-order chi connectivity index (χ0) is 10.4. The maximum atomic E-state index is 11.5. The van der Waals surface area contributed by atoms with Crippen molar-refractivity contribution in [2.45, 2.75) is 32.2 Å². The second-order valence-corrected chi connectivity index (χ2v) is 3.71. The van der Waals surface area contributed by atoms with Gasteiger partial charge >= 0.3 is 6.09 Å². The minimum absolute atomic E-state index is 0.182. The number of piperidine rings is 1. The number of ether oxygens (including phenoxy) is 1. The molecule has 0 atom stereocenters. The predicted octanol–water partition coefficient (Wildman–Crippen LogP) is 1.22. The van der Waals surface area contributed by atoms with Gasteiger partial charge in [-0.2, -0.15) is 0 Å². The first kappa shape index (κ1) is 11.3. The molecule has 0 radical (unpaired) electrons. The van der Waals surface area contributed by atoms with Crippen molar-refractivity contribution < 1.29 is 9.53 Å². The van der Waals surface area contributed by atoms with Crippen LogP contribution in [0.15, 0.2) is 0 Å². The van der Waals surface area contributed by atoms with E-state index >= 15 is 0 Å². The smallest absolute Gasteiger partial charge is 0.409 e. The largest absolute Gasteiger partial charge is 0.449 e. The lowest BCUT2D eigenvalue weighted by Crippen LogP contribution is -2.44. The highest BCUT2D eigenvalue weighted by molar-refractivity contribution is 5.67. The second kappa shape index (κ2) is 5.86. The van der Waals surface area contributed by atoms with Crippen LogP contribution in [0.25, 0.3) is 0 Å². The Kier molecular flexibility index (Phi) is 4.73. The molecule has 0 saturated carbocycles. The summed E-state index contributed by atoms with van der Waals surface area (Å²) in [4.78, 5) is 13.2. The normalized spacial score (nSPS) is 17.9. The molecular formula is C10H20N2O2. The Labute approximate surface area is 85.6 Å². The quantitative estimate of drug-likeness (QED) is 0.744. The van der Waals surface area contributed by atoms with Gasteiger partial charge < -0.3 is 15.0 Å². The van der Waals surface area contributed by atoms with Gasteiger partial charge in [0.15, 0.2) is 0 Å². The van der Waals surface area contributed by atoms with Crippen LogP contribution in [-0.4, -0.2) is 43.8 Å². The third kappa shape index (κ3) is 3.18. The van der Waals surface area contributed by atoms with E-state index in [0.717, 1.165) is 32.4 Å². The topological polar surface area (TPSA) is 41.6 Å². The zero-order valence-electron chi connectivity index (χ0n) is 9.08. The van der Waals surface area contributed by atoms with E-state index in [1.165, 1.54) is 0 Å². The summed E-state index contributed by atoms with van der Waals surface area (Å²) in [6.45, 7) is 4.51. The van der Waals surface area contributed by atoms with Crippen LogP contribution in [0.3, 0.4) is 0 Å². The highest BCUT2D eigenvalue weighted by atomic mass is 16.6. The standard InChI is InChI=1S/C10H20N2O2/c1-3-8-14-10(13)12(2)9-4-6-11-7-5-9/h9,11H,3-8H2,1-2H3. The molecule has 4 nitrogen and oxygen atoms in total. The second-order valence-electron chi connectivity index (χ2n) is 3.71. The molecule has 14 heavy (non-hydrogen) atoms. The summed E-state index contributed by atoms with van der Waals surface area (Å²) in [6.07, 6.45) is 2.75. The first-order valence-electron chi connectivity index (χ1n) is 5.36. The maximum Gasteiger partial charge on any atom is 0.409 e. The number of rotatable bonds is 3. The van der Waals surface area contributed by atoms with Crippen molar-refractivity contribution in [1.82, 2.24) is 10.2 Å². The lowest BCUT2D eigenvalue weighted by molar-refractivity contribution is 0.0906. The van der Waals surface area contributed by atoms with E-state index in [2.05, 4.69) is 5.32 Å². The van der Waals surface area contributed by atoms with Gasteiger partial charge in [0.25, 0.3) is 0 Å². The van der Waals surface area contributed by atoms with Gasteiger partial charge in [-0.1, -0.05) is 6.92 Å². The van der Waals surface area contributed by atoms with Crippen LogP contribution in [0.5, 0.6) is 0 Å². The van der Waals surface area contributed by atoms with Crippen molar-refractivity contribution in [2.24, 2.45) is 0 Å². The van der Waals surface area contributed by atoms with Crippen molar-refractivity contribution in [1.29, 1.82) is 0 Å². The Morgan fingerprint density at radius 1 is 1.50 bits per heavy atom. The number of amides is 1. The van der Waals surface area contributed by atoms with E-state index in [9.17, 15) is 4.79 Å². The summed E-state index contributed by atoms with van der Waals surface area (Å²) in [7, 11) is 1.83. The fraction of sp³-hybridized carbons (Fsp3) is 0.900. The molecule has 1 aliphatic heterocycles. The minimum atomic E-state index is -0.182. The maximum absolute atomic E-state index is 11.5. The molecule has 1 heterocycles. The van der Waals surface area contributed by atoms with Gasteiger partial charge in [-0.25, -0.2) is 4.79 Å². The fourth-order valence-electron chi connectivity index (χ4n) is 1.63. The molecule has 1 aliphatic rings. The lowest BCUT2D eigenvalue weighted by Gasteiger charge is -2.30. The van der Waals surface area contributed by atoms with Gasteiger partial charge in [-0.3, -0.25) is 0 Å². The average Bonchev–Trinajstić information content (AvgIpc) is 2.26. The molecule has 0 aromatic rings. The Morgan fingerprint density at radius 2 is 2.14 bits per heavy atom. The lowest BCUT2D eigenvalue weighted by atomic mass is 10.1. The van der Waals surface area contributed by atoms with Crippen molar-refractivity contribution in [3.63, 3.8) is 0 Å². The van der Waals surface area contributed by atoms with E-state index in [4.69, 9.17) is 4.74 Å². The van der Waals surface area contributed by atoms with Crippen LogP contribution < -0.4 is 5.32 Å². The van der Waals surface area contributed by atoms with Crippen LogP contribution in [0.1, 0.15) is 26.2 Å². The Hall–Kier alpha value is -0.770. The SMILES string of the molecule is CCCOC(=O)N(C)C1CCNCC1. The van der Waals surface area contributed by atoms with E-state index in [1.807, 2.05) is 14.0 Å². The first-order valence-corrected chi connectivity index (χ1v) is 5.36. The van der Waals surface area contributed by atoms with Crippen LogP contribution in [0.2, 0.25) is 0 Å². The van der Waals surface area contributed by atoms with Gasteiger partial charge in [-0.15, -0.1) is 0 Å². The van der Waals surface area contributed by atoms with Gasteiger partial charge in [-0.05, 0) is 32.4 Å². The molecule has 0 spiro atoms. The molecule has 82 valence electrons. The van der Waals surface area contributed by atoms with Crippen LogP contribution >= 0.6 is 0 Å². The van der Waals surface area contributed by atoms with E-state index in [1.54, 1.807) is 4.90 Å². The number of carbonyl (C=O) groups excluding carboxylic acids is 1. The van der Waals surface area contributed by atoms with Gasteiger partial charge in [0.1, 0.15) is 0 Å². The highest BCUT2D eigenvalue weighted by Gasteiger charge is 2.22. The minimum Gasteiger partial charge on any atom is -0.449 e. The Balaban J connectivity index is 2.30. The van der Waals surface area contributed by atoms with Crippen LogP contribution in [0.4, 0.5) is 4.79 Å². The Bertz CT molecular complexity index is 179. The average molecular weight is 200 g/mol. The predicted molar refractivity (Wildman–Crippen MR) is 55.3 cm³/mol. The number of hydrogen-bond donors (Lipinski definition) is 1. The van der Waals surface area contributed by atoms with Crippen molar-refractivity contribution in [2.75, 3.05) is 26.7 Å². The molecule has 4 heteroatoms. The molecule has 0 aromatic carbocycles. The summed E-state index contributed by atoms with van der Waals surface area (Å²) in [5.74, 6) is 0. The Morgan fingerprint density at radius 3 is 2.71 bits per heavy atom. The van der Waals surface area contributed by atoms with Crippen molar-refractivity contribution in [3.05, 3.63) is 0 Å². The molecule has 0 aromatic heterocycles. The summed E-state index contributed by atoms with van der Waals surface area (Å²) in [5.41, 5.74) is 0. The molecule has 1 saturated heterocycles. The summed E-state index contributed by atoms with van der Waals surface area (Å²) in [6, 6.07) is 0.348. The molecule has 1 amide bonds. The van der Waals surface area contributed by atoms with Crippen molar-refractivity contribution >= 4 is 6.09 Å². The summed E-state index contributed by atoms with van der Waals surface area (Å²) in [5, 5.41) is 3.27. The van der Waals surface area contributed by atoms with Gasteiger partial charge in [0, 0.05) is 13.1 Å².